The van der Waals surface area contributed by atoms with Crippen molar-refractivity contribution >= 4 is 5.69 Å². The monoisotopic (exact) mass is 270 g/mol. The predicted molar refractivity (Wildman–Crippen MR) is 81.1 cm³/mol. The molecule has 0 amide bonds. The highest BCUT2D eigenvalue weighted by molar-refractivity contribution is 5.46. The van der Waals surface area contributed by atoms with Crippen LogP contribution in [0.3, 0.4) is 0 Å². The van der Waals surface area contributed by atoms with E-state index in [-0.39, 0.29) is 0 Å². The number of hydrogen-bond acceptors (Lipinski definition) is 3. The van der Waals surface area contributed by atoms with Crippen LogP contribution in [0.5, 0.6) is 0 Å². The van der Waals surface area contributed by atoms with Crippen LogP contribution in [-0.2, 0) is 32.6 Å². The van der Waals surface area contributed by atoms with Gasteiger partial charge >= 0.3 is 0 Å². The van der Waals surface area contributed by atoms with Gasteiger partial charge in [-0.25, -0.2) is 0 Å². The first-order chi connectivity index (χ1) is 9.69. The largest absolute Gasteiger partial charge is 0.399 e. The molecule has 1 aromatic heterocycles. The lowest BCUT2D eigenvalue weighted by Gasteiger charge is -2.15. The van der Waals surface area contributed by atoms with Gasteiger partial charge in [0, 0.05) is 31.9 Å². The fourth-order valence-corrected chi connectivity index (χ4v) is 2.91. The molecule has 2 N–H and O–H groups in total. The minimum atomic E-state index is 0.859. The van der Waals surface area contributed by atoms with E-state index in [2.05, 4.69) is 46.7 Å². The van der Waals surface area contributed by atoms with Gasteiger partial charge in [-0.2, -0.15) is 5.10 Å². The van der Waals surface area contributed by atoms with Crippen molar-refractivity contribution in [2.24, 2.45) is 0 Å². The van der Waals surface area contributed by atoms with Crippen molar-refractivity contribution < 1.29 is 0 Å². The molecule has 0 radical (unpaired) electrons. The Morgan fingerprint density at radius 1 is 1.15 bits per heavy atom. The molecule has 20 heavy (non-hydrogen) atoms. The molecule has 1 aliphatic rings. The van der Waals surface area contributed by atoms with Gasteiger partial charge in [-0.05, 0) is 42.7 Å². The Balaban J connectivity index is 1.76. The van der Waals surface area contributed by atoms with Crippen LogP contribution < -0.4 is 5.73 Å². The first kappa shape index (κ1) is 13.2. The lowest BCUT2D eigenvalue weighted by atomic mass is 10.1. The van der Waals surface area contributed by atoms with Crippen LogP contribution in [-0.4, -0.2) is 14.7 Å². The summed E-state index contributed by atoms with van der Waals surface area (Å²) in [5.74, 6) is 0. The molecule has 0 saturated carbocycles. The smallest absolute Gasteiger partial charge is 0.0625 e. The lowest BCUT2D eigenvalue weighted by molar-refractivity contribution is 0.266. The summed E-state index contributed by atoms with van der Waals surface area (Å²) >= 11 is 0. The van der Waals surface area contributed by atoms with Gasteiger partial charge in [0.2, 0.25) is 0 Å². The van der Waals surface area contributed by atoms with Gasteiger partial charge in [-0.1, -0.05) is 13.0 Å². The van der Waals surface area contributed by atoms with Gasteiger partial charge in [0.15, 0.2) is 0 Å². The second-order valence-corrected chi connectivity index (χ2v) is 5.47. The molecular formula is C16H22N4. The van der Waals surface area contributed by atoms with Crippen molar-refractivity contribution in [3.05, 3.63) is 46.8 Å². The van der Waals surface area contributed by atoms with Gasteiger partial charge in [0.25, 0.3) is 0 Å². The molecule has 1 aliphatic heterocycles. The molecule has 2 heterocycles. The van der Waals surface area contributed by atoms with Crippen LogP contribution in [0, 0.1) is 0 Å². The maximum absolute atomic E-state index is 5.86. The number of benzene rings is 1. The fraction of sp³-hybridized carbons (Fsp3) is 0.438. The molecule has 0 unspecified atom stereocenters. The number of aromatic nitrogens is 2. The minimum absolute atomic E-state index is 0.859. The zero-order valence-electron chi connectivity index (χ0n) is 12.3. The Bertz CT molecular complexity index is 615. The van der Waals surface area contributed by atoms with Crippen molar-refractivity contribution in [1.82, 2.24) is 14.7 Å². The SMILES string of the molecule is CCc1cc(CN2Cc3ccc(N)cc3C2)n(CC)n1. The molecule has 0 fully saturated rings. The molecule has 106 valence electrons. The number of anilines is 1. The number of hydrogen-bond donors (Lipinski definition) is 1. The van der Waals surface area contributed by atoms with Crippen LogP contribution >= 0.6 is 0 Å². The van der Waals surface area contributed by atoms with Gasteiger partial charge < -0.3 is 5.73 Å². The molecule has 0 aliphatic carbocycles. The van der Waals surface area contributed by atoms with Crippen molar-refractivity contribution in [1.29, 1.82) is 0 Å². The van der Waals surface area contributed by atoms with E-state index in [0.717, 1.165) is 38.3 Å². The summed E-state index contributed by atoms with van der Waals surface area (Å²) in [4.78, 5) is 2.45. The van der Waals surface area contributed by atoms with Crippen molar-refractivity contribution in [2.45, 2.75) is 46.4 Å². The van der Waals surface area contributed by atoms with Gasteiger partial charge in [-0.15, -0.1) is 0 Å². The maximum atomic E-state index is 5.86. The summed E-state index contributed by atoms with van der Waals surface area (Å²) < 4.78 is 2.12. The standard InChI is InChI=1S/C16H22N4/c1-3-15-8-16(20(4-2)18-15)11-19-9-12-5-6-14(17)7-13(12)10-19/h5-8H,3-4,9-11,17H2,1-2H3. The number of nitrogens with zero attached hydrogens (tertiary/aromatic N) is 3. The van der Waals surface area contributed by atoms with Gasteiger partial charge in [-0.3, -0.25) is 9.58 Å². The summed E-state index contributed by atoms with van der Waals surface area (Å²) in [6.07, 6.45) is 0.997. The Kier molecular flexibility index (Phi) is 3.49. The molecule has 2 aromatic rings. The first-order valence-electron chi connectivity index (χ1n) is 7.34. The third kappa shape index (κ3) is 2.43. The molecule has 3 rings (SSSR count). The molecule has 0 bridgehead atoms. The zero-order valence-corrected chi connectivity index (χ0v) is 12.3. The highest BCUT2D eigenvalue weighted by Crippen LogP contribution is 2.26. The Labute approximate surface area is 120 Å². The Morgan fingerprint density at radius 3 is 2.70 bits per heavy atom. The molecule has 0 saturated heterocycles. The zero-order chi connectivity index (χ0) is 14.1. The Hall–Kier alpha value is -1.81. The van der Waals surface area contributed by atoms with Crippen LogP contribution in [0.15, 0.2) is 24.3 Å². The number of fused-ring (bicyclic) bond motifs is 1. The van der Waals surface area contributed by atoms with Crippen molar-refractivity contribution in [2.75, 3.05) is 5.73 Å². The van der Waals surface area contributed by atoms with Gasteiger partial charge in [0.1, 0.15) is 0 Å². The van der Waals surface area contributed by atoms with Crippen LogP contribution in [0.25, 0.3) is 0 Å². The Morgan fingerprint density at radius 2 is 1.95 bits per heavy atom. The third-order valence-electron chi connectivity index (χ3n) is 3.98. The first-order valence-corrected chi connectivity index (χ1v) is 7.34. The number of nitrogens with two attached hydrogens (primary N) is 1. The maximum Gasteiger partial charge on any atom is 0.0625 e. The predicted octanol–water partition coefficient (Wildman–Crippen LogP) is 2.56. The average molecular weight is 270 g/mol. The second-order valence-electron chi connectivity index (χ2n) is 5.47. The van der Waals surface area contributed by atoms with E-state index in [1.807, 2.05) is 6.07 Å². The van der Waals surface area contributed by atoms with E-state index in [1.54, 1.807) is 0 Å². The highest BCUT2D eigenvalue weighted by Gasteiger charge is 2.20. The summed E-state index contributed by atoms with van der Waals surface area (Å²) in [6.45, 7) is 8.18. The number of rotatable bonds is 4. The average Bonchev–Trinajstić information content (AvgIpc) is 3.01. The molecule has 4 heteroatoms. The number of nitrogen functional groups attached to an aromatic ring is 1. The van der Waals surface area contributed by atoms with E-state index < -0.39 is 0 Å². The van der Waals surface area contributed by atoms with E-state index in [4.69, 9.17) is 5.73 Å². The minimum Gasteiger partial charge on any atom is -0.399 e. The van der Waals surface area contributed by atoms with Crippen LogP contribution in [0.1, 0.15) is 36.4 Å². The van der Waals surface area contributed by atoms with Crippen molar-refractivity contribution in [3.63, 3.8) is 0 Å². The van der Waals surface area contributed by atoms with Crippen molar-refractivity contribution in [3.8, 4) is 0 Å². The second kappa shape index (κ2) is 5.29. The van der Waals surface area contributed by atoms with E-state index in [0.29, 0.717) is 0 Å². The lowest BCUT2D eigenvalue weighted by Crippen LogP contribution is -2.18. The normalized spacial score (nSPS) is 14.7. The number of aryl methyl sites for hydroxylation is 2. The van der Waals surface area contributed by atoms with Crippen LogP contribution in [0.2, 0.25) is 0 Å². The third-order valence-corrected chi connectivity index (χ3v) is 3.98. The van der Waals surface area contributed by atoms with Crippen LogP contribution in [0.4, 0.5) is 5.69 Å². The topological polar surface area (TPSA) is 47.1 Å². The molecule has 4 nitrogen and oxygen atoms in total. The summed E-state index contributed by atoms with van der Waals surface area (Å²) in [7, 11) is 0. The highest BCUT2D eigenvalue weighted by atomic mass is 15.3. The van der Waals surface area contributed by atoms with E-state index >= 15 is 0 Å². The summed E-state index contributed by atoms with van der Waals surface area (Å²) in [6, 6.07) is 8.48. The fourth-order valence-electron chi connectivity index (χ4n) is 2.91. The molecule has 0 atom stereocenters. The molecule has 0 spiro atoms. The summed E-state index contributed by atoms with van der Waals surface area (Å²) in [5, 5.41) is 4.62. The van der Waals surface area contributed by atoms with Gasteiger partial charge in [0.05, 0.1) is 11.4 Å². The quantitative estimate of drug-likeness (QED) is 0.869. The van der Waals surface area contributed by atoms with E-state index in [9.17, 15) is 0 Å². The van der Waals surface area contributed by atoms with E-state index in [1.165, 1.54) is 22.5 Å². The molecule has 1 aromatic carbocycles. The molecular weight excluding hydrogens is 248 g/mol. The summed E-state index contributed by atoms with van der Waals surface area (Å²) in [5.41, 5.74) is 12.0.